The molecule has 0 aliphatic heterocycles. The monoisotopic (exact) mass is 947 g/mol. The van der Waals surface area contributed by atoms with E-state index in [1.165, 1.54) is 135 Å². The molecule has 0 spiro atoms. The third kappa shape index (κ3) is 53.5. The van der Waals surface area contributed by atoms with Crippen molar-refractivity contribution in [1.82, 2.24) is 0 Å². The lowest BCUT2D eigenvalue weighted by Crippen LogP contribution is -2.30. The number of hydrogen-bond donors (Lipinski definition) is 0. The van der Waals surface area contributed by atoms with Crippen LogP contribution in [-0.4, -0.2) is 37.2 Å². The first-order valence-electron chi connectivity index (χ1n) is 28.6. The number of unbranched alkanes of at least 4 members (excludes halogenated alkanes) is 26. The summed E-state index contributed by atoms with van der Waals surface area (Å²) in [6.07, 6.45) is 72.8. The third-order valence-corrected chi connectivity index (χ3v) is 12.1. The molecular formula is C62H106O6. The number of ether oxygens (including phenoxy) is 3. The summed E-state index contributed by atoms with van der Waals surface area (Å²) in [5.41, 5.74) is 0. The van der Waals surface area contributed by atoms with Crippen LogP contribution >= 0.6 is 0 Å². The molecule has 0 radical (unpaired) electrons. The standard InChI is InChI=1S/C62H106O6/c1-4-7-10-13-16-19-22-25-27-29-31-33-35-37-40-43-46-49-52-55-61(64)67-58-59(57-66-60(63)54-51-48-45-42-39-24-21-18-15-12-9-6-3)68-62(65)56-53-50-47-44-41-38-36-34-32-30-28-26-23-20-17-14-11-8-5-2/h16-21,25-28,31,33,37,40,59H,4-15,22-24,29-30,32,34-36,38-39,41-58H2,1-3H3/b19-16-,20-17-,21-18-,27-25-,28-26-,33-31-,40-37-/t59-/m1/s1. The smallest absolute Gasteiger partial charge is 0.306 e. The van der Waals surface area contributed by atoms with Crippen molar-refractivity contribution in [1.29, 1.82) is 0 Å². The van der Waals surface area contributed by atoms with Gasteiger partial charge in [0.2, 0.25) is 0 Å². The van der Waals surface area contributed by atoms with Crippen LogP contribution in [-0.2, 0) is 28.6 Å². The predicted molar refractivity (Wildman–Crippen MR) is 293 cm³/mol. The molecule has 1 atom stereocenters. The van der Waals surface area contributed by atoms with Gasteiger partial charge in [-0.15, -0.1) is 0 Å². The number of carbonyl (C=O) groups is 3. The molecule has 0 unspecified atom stereocenters. The van der Waals surface area contributed by atoms with Gasteiger partial charge < -0.3 is 14.2 Å². The summed E-state index contributed by atoms with van der Waals surface area (Å²) in [6.45, 7) is 6.53. The molecule has 0 heterocycles. The van der Waals surface area contributed by atoms with Gasteiger partial charge in [-0.1, -0.05) is 215 Å². The van der Waals surface area contributed by atoms with Crippen LogP contribution in [0.3, 0.4) is 0 Å². The normalized spacial score (nSPS) is 12.7. The number of allylic oxidation sites excluding steroid dienone is 14. The molecule has 0 aromatic carbocycles. The van der Waals surface area contributed by atoms with Gasteiger partial charge in [-0.2, -0.15) is 0 Å². The van der Waals surface area contributed by atoms with E-state index in [2.05, 4.69) is 106 Å². The third-order valence-electron chi connectivity index (χ3n) is 12.1. The quantitative estimate of drug-likeness (QED) is 0.0262. The van der Waals surface area contributed by atoms with E-state index in [1.807, 2.05) is 0 Å². The average Bonchev–Trinajstić information content (AvgIpc) is 3.34. The van der Waals surface area contributed by atoms with Gasteiger partial charge in [0.05, 0.1) is 0 Å². The Balaban J connectivity index is 4.43. The van der Waals surface area contributed by atoms with E-state index in [1.54, 1.807) is 0 Å². The summed E-state index contributed by atoms with van der Waals surface area (Å²) < 4.78 is 16.8. The topological polar surface area (TPSA) is 78.9 Å². The number of rotatable bonds is 51. The number of esters is 3. The van der Waals surface area contributed by atoms with E-state index >= 15 is 0 Å². The SMILES string of the molecule is CCCCC/C=C\C/C=C\C/C=C\C/C=C\CCCCCC(=O)OC[C@@H](COC(=O)CCCCCCC/C=C\CCCCC)OC(=O)CCCCCCCCCCC/C=C\C/C=C\CCCCC. The number of hydrogen-bond acceptors (Lipinski definition) is 6. The van der Waals surface area contributed by atoms with Gasteiger partial charge in [0, 0.05) is 19.3 Å². The molecule has 0 saturated heterocycles. The molecular weight excluding hydrogens is 841 g/mol. The molecule has 0 rings (SSSR count). The van der Waals surface area contributed by atoms with Crippen molar-refractivity contribution < 1.29 is 28.6 Å². The van der Waals surface area contributed by atoms with Gasteiger partial charge >= 0.3 is 17.9 Å². The van der Waals surface area contributed by atoms with E-state index in [9.17, 15) is 14.4 Å². The first-order valence-corrected chi connectivity index (χ1v) is 28.6. The van der Waals surface area contributed by atoms with E-state index in [-0.39, 0.29) is 31.1 Å². The maximum atomic E-state index is 12.9. The zero-order chi connectivity index (χ0) is 49.3. The van der Waals surface area contributed by atoms with Crippen molar-refractivity contribution in [3.05, 3.63) is 85.1 Å². The summed E-state index contributed by atoms with van der Waals surface area (Å²) in [6, 6.07) is 0. The Morgan fingerprint density at radius 1 is 0.294 bits per heavy atom. The molecule has 0 N–H and O–H groups in total. The highest BCUT2D eigenvalue weighted by Crippen LogP contribution is 2.14. The van der Waals surface area contributed by atoms with Crippen molar-refractivity contribution in [3.8, 4) is 0 Å². The fraction of sp³-hybridized carbons (Fsp3) is 0.726. The summed E-state index contributed by atoms with van der Waals surface area (Å²) >= 11 is 0. The minimum atomic E-state index is -0.796. The van der Waals surface area contributed by atoms with E-state index in [4.69, 9.17) is 14.2 Å². The maximum absolute atomic E-state index is 12.9. The van der Waals surface area contributed by atoms with Crippen LogP contribution in [0.5, 0.6) is 0 Å². The van der Waals surface area contributed by atoms with Crippen LogP contribution in [0.25, 0.3) is 0 Å². The first kappa shape index (κ1) is 64.6. The van der Waals surface area contributed by atoms with Crippen molar-refractivity contribution in [2.45, 2.75) is 277 Å². The largest absolute Gasteiger partial charge is 0.462 e. The molecule has 0 aromatic rings. The zero-order valence-corrected chi connectivity index (χ0v) is 44.6. The lowest BCUT2D eigenvalue weighted by molar-refractivity contribution is -0.167. The minimum Gasteiger partial charge on any atom is -0.462 e. The Bertz CT molecular complexity index is 1320. The van der Waals surface area contributed by atoms with E-state index in [0.29, 0.717) is 19.3 Å². The molecule has 0 saturated carbocycles. The van der Waals surface area contributed by atoms with Crippen molar-refractivity contribution in [2.75, 3.05) is 13.2 Å². The lowest BCUT2D eigenvalue weighted by Gasteiger charge is -2.18. The highest BCUT2D eigenvalue weighted by atomic mass is 16.6. The Morgan fingerprint density at radius 3 is 0.853 bits per heavy atom. The maximum Gasteiger partial charge on any atom is 0.306 e. The van der Waals surface area contributed by atoms with E-state index in [0.717, 1.165) is 96.3 Å². The first-order chi connectivity index (χ1) is 33.5. The van der Waals surface area contributed by atoms with Crippen LogP contribution < -0.4 is 0 Å². The Labute approximate surface area is 420 Å². The van der Waals surface area contributed by atoms with Gasteiger partial charge in [0.1, 0.15) is 13.2 Å². The van der Waals surface area contributed by atoms with Crippen LogP contribution in [0.1, 0.15) is 271 Å². The summed E-state index contributed by atoms with van der Waals surface area (Å²) in [5.74, 6) is -0.933. The molecule has 6 heteroatoms. The predicted octanol–water partition coefficient (Wildman–Crippen LogP) is 19.2. The Kier molecular flexibility index (Phi) is 53.4. The molecule has 68 heavy (non-hydrogen) atoms. The van der Waals surface area contributed by atoms with Gasteiger partial charge in [-0.05, 0) is 122 Å². The van der Waals surface area contributed by atoms with Crippen LogP contribution in [0.15, 0.2) is 85.1 Å². The molecule has 0 aromatic heterocycles. The average molecular weight is 948 g/mol. The fourth-order valence-electron chi connectivity index (χ4n) is 7.74. The summed E-state index contributed by atoms with van der Waals surface area (Å²) in [5, 5.41) is 0. The highest BCUT2D eigenvalue weighted by Gasteiger charge is 2.19. The summed E-state index contributed by atoms with van der Waals surface area (Å²) in [7, 11) is 0. The van der Waals surface area contributed by atoms with Gasteiger partial charge in [0.25, 0.3) is 0 Å². The second kappa shape index (κ2) is 56.2. The molecule has 0 aliphatic rings. The second-order valence-corrected chi connectivity index (χ2v) is 18.8. The van der Waals surface area contributed by atoms with Gasteiger partial charge in [-0.3, -0.25) is 14.4 Å². The minimum absolute atomic E-state index is 0.0929. The lowest BCUT2D eigenvalue weighted by atomic mass is 10.1. The van der Waals surface area contributed by atoms with Gasteiger partial charge in [0.15, 0.2) is 6.10 Å². The van der Waals surface area contributed by atoms with Crippen LogP contribution in [0.4, 0.5) is 0 Å². The van der Waals surface area contributed by atoms with E-state index < -0.39 is 6.10 Å². The molecule has 0 fully saturated rings. The van der Waals surface area contributed by atoms with Crippen LogP contribution in [0, 0.1) is 0 Å². The second-order valence-electron chi connectivity index (χ2n) is 18.8. The molecule has 0 bridgehead atoms. The van der Waals surface area contributed by atoms with Crippen molar-refractivity contribution in [2.24, 2.45) is 0 Å². The van der Waals surface area contributed by atoms with Gasteiger partial charge in [-0.25, -0.2) is 0 Å². The van der Waals surface area contributed by atoms with Crippen molar-refractivity contribution in [3.63, 3.8) is 0 Å². The van der Waals surface area contributed by atoms with Crippen LogP contribution in [0.2, 0.25) is 0 Å². The molecule has 390 valence electrons. The Morgan fingerprint density at radius 2 is 0.529 bits per heavy atom. The fourth-order valence-corrected chi connectivity index (χ4v) is 7.74. The Hall–Kier alpha value is -3.41. The molecule has 0 aliphatic carbocycles. The van der Waals surface area contributed by atoms with Crippen molar-refractivity contribution >= 4 is 17.9 Å². The zero-order valence-electron chi connectivity index (χ0n) is 44.6. The molecule has 0 amide bonds. The molecule has 6 nitrogen and oxygen atoms in total. The highest BCUT2D eigenvalue weighted by molar-refractivity contribution is 5.71. The number of carbonyl (C=O) groups excluding carboxylic acids is 3. The summed E-state index contributed by atoms with van der Waals surface area (Å²) in [4.78, 5) is 38.1.